The second-order valence-corrected chi connectivity index (χ2v) is 4.47. The van der Waals surface area contributed by atoms with E-state index >= 15 is 0 Å². The van der Waals surface area contributed by atoms with Crippen molar-refractivity contribution in [1.82, 2.24) is 4.90 Å². The minimum Gasteiger partial charge on any atom is -0.323 e. The van der Waals surface area contributed by atoms with Gasteiger partial charge in [0, 0.05) is 12.1 Å². The molecule has 1 aliphatic rings. The van der Waals surface area contributed by atoms with Crippen LogP contribution >= 0.6 is 0 Å². The summed E-state index contributed by atoms with van der Waals surface area (Å²) in [6.07, 6.45) is 10.4. The van der Waals surface area contributed by atoms with Crippen LogP contribution in [0.4, 0.5) is 0 Å². The van der Waals surface area contributed by atoms with Crippen molar-refractivity contribution in [2.24, 2.45) is 0 Å². The molecule has 0 fully saturated rings. The van der Waals surface area contributed by atoms with E-state index < -0.39 is 0 Å². The number of allylic oxidation sites excluding steroid dienone is 1. The van der Waals surface area contributed by atoms with Crippen LogP contribution in [0.1, 0.15) is 24.8 Å². The fraction of sp³-hybridized carbons (Fsp3) is 0.312. The molecule has 2 heteroatoms. The van der Waals surface area contributed by atoms with E-state index in [0.29, 0.717) is 13.1 Å². The molecule has 0 unspecified atom stereocenters. The highest BCUT2D eigenvalue weighted by Crippen LogP contribution is 2.20. The Kier molecular flexibility index (Phi) is 4.20. The molecule has 92 valence electrons. The summed E-state index contributed by atoms with van der Waals surface area (Å²) in [5, 5.41) is 0. The Balaban J connectivity index is 2.08. The zero-order valence-electron chi connectivity index (χ0n) is 10.4. The fourth-order valence-corrected chi connectivity index (χ4v) is 2.18. The number of carbonyl (C=O) groups is 1. The predicted octanol–water partition coefficient (Wildman–Crippen LogP) is 2.76. The molecule has 2 nitrogen and oxygen atoms in total. The Morgan fingerprint density at radius 3 is 2.72 bits per heavy atom. The minimum atomic E-state index is 0.0919. The largest absolute Gasteiger partial charge is 0.323 e. The Morgan fingerprint density at radius 2 is 2.11 bits per heavy atom. The van der Waals surface area contributed by atoms with Crippen molar-refractivity contribution in [3.8, 4) is 12.3 Å². The van der Waals surface area contributed by atoms with Crippen molar-refractivity contribution in [3.63, 3.8) is 0 Å². The Labute approximate surface area is 108 Å². The van der Waals surface area contributed by atoms with Crippen LogP contribution in [0.3, 0.4) is 0 Å². The normalized spacial score (nSPS) is 13.8. The van der Waals surface area contributed by atoms with Crippen LogP contribution in [-0.4, -0.2) is 17.4 Å². The van der Waals surface area contributed by atoms with Crippen molar-refractivity contribution in [2.45, 2.75) is 25.8 Å². The lowest BCUT2D eigenvalue weighted by molar-refractivity contribution is -0.127. The number of hydrogen-bond donors (Lipinski definition) is 0. The lowest BCUT2D eigenvalue weighted by Gasteiger charge is -2.21. The van der Waals surface area contributed by atoms with Gasteiger partial charge in [0.1, 0.15) is 0 Å². The third kappa shape index (κ3) is 3.01. The topological polar surface area (TPSA) is 20.3 Å². The van der Waals surface area contributed by atoms with Gasteiger partial charge in [0.2, 0.25) is 0 Å². The van der Waals surface area contributed by atoms with Gasteiger partial charge in [0.15, 0.2) is 0 Å². The minimum absolute atomic E-state index is 0.0919. The molecule has 1 aromatic rings. The average Bonchev–Trinajstić information content (AvgIpc) is 2.92. The van der Waals surface area contributed by atoms with Gasteiger partial charge in [0.25, 0.3) is 5.91 Å². The van der Waals surface area contributed by atoms with Crippen molar-refractivity contribution in [3.05, 3.63) is 47.5 Å². The molecule has 0 atom stereocenters. The van der Waals surface area contributed by atoms with Crippen molar-refractivity contribution in [2.75, 3.05) is 6.54 Å². The van der Waals surface area contributed by atoms with E-state index in [1.54, 1.807) is 4.90 Å². The fourth-order valence-electron chi connectivity index (χ4n) is 2.18. The summed E-state index contributed by atoms with van der Waals surface area (Å²) in [5.41, 5.74) is 2.03. The molecule has 1 aliphatic carbocycles. The van der Waals surface area contributed by atoms with E-state index in [2.05, 4.69) is 5.92 Å². The number of rotatable bonds is 4. The van der Waals surface area contributed by atoms with E-state index in [9.17, 15) is 4.79 Å². The van der Waals surface area contributed by atoms with Gasteiger partial charge >= 0.3 is 0 Å². The number of benzene rings is 1. The number of terminal acetylenes is 1. The Hall–Kier alpha value is -2.01. The molecule has 0 saturated carbocycles. The molecular formula is C16H17NO. The molecule has 0 aliphatic heterocycles. The lowest BCUT2D eigenvalue weighted by Crippen LogP contribution is -2.31. The van der Waals surface area contributed by atoms with Gasteiger partial charge in [-0.05, 0) is 24.8 Å². The quantitative estimate of drug-likeness (QED) is 0.740. The maximum atomic E-state index is 12.3. The first-order valence-corrected chi connectivity index (χ1v) is 6.27. The number of hydrogen-bond acceptors (Lipinski definition) is 1. The zero-order chi connectivity index (χ0) is 12.8. The Morgan fingerprint density at radius 1 is 1.33 bits per heavy atom. The molecule has 18 heavy (non-hydrogen) atoms. The van der Waals surface area contributed by atoms with Crippen molar-refractivity contribution >= 4 is 5.91 Å². The van der Waals surface area contributed by atoms with E-state index in [-0.39, 0.29) is 5.91 Å². The monoisotopic (exact) mass is 239 g/mol. The summed E-state index contributed by atoms with van der Waals surface area (Å²) < 4.78 is 0. The first-order valence-electron chi connectivity index (χ1n) is 6.27. The summed E-state index contributed by atoms with van der Waals surface area (Å²) >= 11 is 0. The molecule has 1 amide bonds. The molecular weight excluding hydrogens is 222 g/mol. The number of nitrogens with zero attached hydrogens (tertiary/aromatic N) is 1. The average molecular weight is 239 g/mol. The van der Waals surface area contributed by atoms with Crippen LogP contribution in [0.15, 0.2) is 42.0 Å². The lowest BCUT2D eigenvalue weighted by atomic mass is 10.1. The molecule has 2 rings (SSSR count). The van der Waals surface area contributed by atoms with Crippen LogP contribution in [-0.2, 0) is 11.3 Å². The molecule has 0 aromatic heterocycles. The standard InChI is InChI=1S/C16H17NO/c1-2-12-17(13-14-8-4-3-5-9-14)16(18)15-10-6-7-11-15/h1,3-5,8-10H,6-7,11-13H2. The highest BCUT2D eigenvalue weighted by Gasteiger charge is 2.19. The van der Waals surface area contributed by atoms with E-state index in [1.165, 1.54) is 0 Å². The summed E-state index contributed by atoms with van der Waals surface area (Å²) in [6.45, 7) is 0.951. The second kappa shape index (κ2) is 6.07. The van der Waals surface area contributed by atoms with E-state index in [4.69, 9.17) is 6.42 Å². The maximum Gasteiger partial charge on any atom is 0.250 e. The van der Waals surface area contributed by atoms with Gasteiger partial charge in [-0.1, -0.05) is 42.3 Å². The first kappa shape index (κ1) is 12.4. The van der Waals surface area contributed by atoms with Crippen molar-refractivity contribution in [1.29, 1.82) is 0 Å². The van der Waals surface area contributed by atoms with Crippen LogP contribution in [0.25, 0.3) is 0 Å². The molecule has 0 N–H and O–H groups in total. The van der Waals surface area contributed by atoms with Gasteiger partial charge in [-0.25, -0.2) is 0 Å². The van der Waals surface area contributed by atoms with Gasteiger partial charge in [-0.15, -0.1) is 6.42 Å². The molecule has 0 radical (unpaired) electrons. The van der Waals surface area contributed by atoms with E-state index in [0.717, 1.165) is 30.4 Å². The van der Waals surface area contributed by atoms with Crippen LogP contribution < -0.4 is 0 Å². The smallest absolute Gasteiger partial charge is 0.250 e. The Bertz CT molecular complexity index is 482. The van der Waals surface area contributed by atoms with Gasteiger partial charge in [0.05, 0.1) is 6.54 Å². The second-order valence-electron chi connectivity index (χ2n) is 4.47. The highest BCUT2D eigenvalue weighted by molar-refractivity contribution is 5.93. The molecule has 0 bridgehead atoms. The van der Waals surface area contributed by atoms with Gasteiger partial charge in [-0.3, -0.25) is 4.79 Å². The predicted molar refractivity (Wildman–Crippen MR) is 72.6 cm³/mol. The van der Waals surface area contributed by atoms with Crippen LogP contribution in [0.2, 0.25) is 0 Å². The van der Waals surface area contributed by atoms with Gasteiger partial charge < -0.3 is 4.90 Å². The zero-order valence-corrected chi connectivity index (χ0v) is 10.4. The van der Waals surface area contributed by atoms with Crippen LogP contribution in [0.5, 0.6) is 0 Å². The summed E-state index contributed by atoms with van der Waals surface area (Å²) in [6, 6.07) is 9.95. The summed E-state index contributed by atoms with van der Waals surface area (Å²) in [4.78, 5) is 14.0. The molecule has 0 spiro atoms. The van der Waals surface area contributed by atoms with Crippen LogP contribution in [0, 0.1) is 12.3 Å². The van der Waals surface area contributed by atoms with E-state index in [1.807, 2.05) is 36.4 Å². The third-order valence-corrected chi connectivity index (χ3v) is 3.10. The van der Waals surface area contributed by atoms with Crippen molar-refractivity contribution < 1.29 is 4.79 Å². The molecule has 1 aromatic carbocycles. The molecule has 0 heterocycles. The third-order valence-electron chi connectivity index (χ3n) is 3.10. The summed E-state index contributed by atoms with van der Waals surface area (Å²) in [5.74, 6) is 2.66. The highest BCUT2D eigenvalue weighted by atomic mass is 16.2. The SMILES string of the molecule is C#CCN(Cc1ccccc1)C(=O)C1=CCCC1. The number of carbonyl (C=O) groups excluding carboxylic acids is 1. The summed E-state index contributed by atoms with van der Waals surface area (Å²) in [7, 11) is 0. The maximum absolute atomic E-state index is 12.3. The number of amides is 1. The van der Waals surface area contributed by atoms with Gasteiger partial charge in [-0.2, -0.15) is 0 Å². The first-order chi connectivity index (χ1) is 8.81. The molecule has 0 saturated heterocycles.